The van der Waals surface area contributed by atoms with Crippen molar-refractivity contribution in [2.45, 2.75) is 32.0 Å². The van der Waals surface area contributed by atoms with Gasteiger partial charge in [-0.2, -0.15) is 5.26 Å². The molecule has 1 rings (SSSR count). The van der Waals surface area contributed by atoms with E-state index in [9.17, 15) is 4.79 Å². The van der Waals surface area contributed by atoms with Crippen molar-refractivity contribution < 1.29 is 9.53 Å². The van der Waals surface area contributed by atoms with Gasteiger partial charge in [-0.05, 0) is 36.1 Å². The van der Waals surface area contributed by atoms with E-state index >= 15 is 0 Å². The number of carbonyl (C=O) groups excluding carboxylic acids is 1. The summed E-state index contributed by atoms with van der Waals surface area (Å²) in [4.78, 5) is 11.5. The number of hydrogen-bond acceptors (Lipinski definition) is 3. The molecule has 0 aliphatic rings. The Hall–Kier alpha value is -1.34. The molecule has 0 radical (unpaired) electrons. The van der Waals surface area contributed by atoms with Crippen molar-refractivity contribution in [2.75, 3.05) is 6.61 Å². The highest BCUT2D eigenvalue weighted by Crippen LogP contribution is 2.20. The molecule has 0 bridgehead atoms. The summed E-state index contributed by atoms with van der Waals surface area (Å²) in [6.07, 6.45) is 1.06. The van der Waals surface area contributed by atoms with Crippen LogP contribution in [0, 0.1) is 11.3 Å². The fourth-order valence-corrected chi connectivity index (χ4v) is 2.28. The molecule has 0 spiro atoms. The summed E-state index contributed by atoms with van der Waals surface area (Å²) < 4.78 is 4.96. The second kappa shape index (κ2) is 7.17. The fourth-order valence-electron chi connectivity index (χ4n) is 1.82. The Labute approximate surface area is 116 Å². The molecule has 0 amide bonds. The van der Waals surface area contributed by atoms with Crippen LogP contribution in [0.4, 0.5) is 0 Å². The molecule has 0 saturated heterocycles. The summed E-state index contributed by atoms with van der Waals surface area (Å²) in [5.74, 6) is -0.225. The van der Waals surface area contributed by atoms with E-state index in [2.05, 4.69) is 22.0 Å². The monoisotopic (exact) mass is 309 g/mol. The van der Waals surface area contributed by atoms with Crippen molar-refractivity contribution in [1.29, 1.82) is 5.26 Å². The average Bonchev–Trinajstić information content (AvgIpc) is 2.38. The highest BCUT2D eigenvalue weighted by Gasteiger charge is 2.12. The van der Waals surface area contributed by atoms with Gasteiger partial charge in [0.05, 0.1) is 24.7 Å². The third kappa shape index (κ3) is 3.58. The highest BCUT2D eigenvalue weighted by atomic mass is 79.9. The molecule has 1 aromatic carbocycles. The predicted molar refractivity (Wildman–Crippen MR) is 73.5 cm³/mol. The summed E-state index contributed by atoms with van der Waals surface area (Å²) in [6.45, 7) is 4.20. The molecule has 0 N–H and O–H groups in total. The number of carbonyl (C=O) groups is 1. The van der Waals surface area contributed by atoms with E-state index in [1.165, 1.54) is 0 Å². The molecule has 0 aliphatic carbocycles. The van der Waals surface area contributed by atoms with Crippen LogP contribution in [0.3, 0.4) is 0 Å². The molecule has 1 aromatic rings. The second-order valence-electron chi connectivity index (χ2n) is 3.86. The van der Waals surface area contributed by atoms with Crippen LogP contribution in [0.5, 0.6) is 0 Å². The van der Waals surface area contributed by atoms with E-state index in [1.54, 1.807) is 6.92 Å². The zero-order valence-electron chi connectivity index (χ0n) is 10.6. The van der Waals surface area contributed by atoms with Gasteiger partial charge >= 0.3 is 5.97 Å². The van der Waals surface area contributed by atoms with Gasteiger partial charge in [0.2, 0.25) is 0 Å². The van der Waals surface area contributed by atoms with E-state index in [1.807, 2.05) is 19.1 Å². The quantitative estimate of drug-likeness (QED) is 0.620. The molecule has 0 atom stereocenters. The second-order valence-corrected chi connectivity index (χ2v) is 4.42. The first kappa shape index (κ1) is 14.7. The van der Waals surface area contributed by atoms with Gasteiger partial charge < -0.3 is 4.74 Å². The van der Waals surface area contributed by atoms with Gasteiger partial charge in [-0.15, -0.1) is 0 Å². The summed E-state index contributed by atoms with van der Waals surface area (Å²) in [5, 5.41) is 9.67. The zero-order chi connectivity index (χ0) is 13.5. The fraction of sp³-hybridized carbons (Fsp3) is 0.429. The van der Waals surface area contributed by atoms with Gasteiger partial charge in [-0.3, -0.25) is 4.79 Å². The zero-order valence-corrected chi connectivity index (χ0v) is 12.2. The maximum atomic E-state index is 11.5. The molecule has 0 saturated carbocycles. The van der Waals surface area contributed by atoms with Gasteiger partial charge in [0.25, 0.3) is 0 Å². The number of ether oxygens (including phenoxy) is 1. The van der Waals surface area contributed by atoms with Crippen LogP contribution in [-0.4, -0.2) is 12.6 Å². The Balaban J connectivity index is 3.10. The molecule has 0 unspecified atom stereocenters. The van der Waals surface area contributed by atoms with E-state index in [0.717, 1.165) is 23.1 Å². The Morgan fingerprint density at radius 2 is 2.06 bits per heavy atom. The van der Waals surface area contributed by atoms with E-state index in [4.69, 9.17) is 10.00 Å². The van der Waals surface area contributed by atoms with Crippen LogP contribution in [0.2, 0.25) is 0 Å². The lowest BCUT2D eigenvalue weighted by molar-refractivity contribution is -0.142. The van der Waals surface area contributed by atoms with Crippen molar-refractivity contribution in [3.63, 3.8) is 0 Å². The molecule has 4 heteroatoms. The molecular formula is C14H16BrNO2. The topological polar surface area (TPSA) is 50.1 Å². The average molecular weight is 310 g/mol. The predicted octanol–water partition coefficient (Wildman–Crippen LogP) is 3.12. The number of aryl methyl sites for hydroxylation is 1. The van der Waals surface area contributed by atoms with Crippen LogP contribution < -0.4 is 0 Å². The molecular weight excluding hydrogens is 294 g/mol. The van der Waals surface area contributed by atoms with Gasteiger partial charge in [0, 0.05) is 5.33 Å². The highest BCUT2D eigenvalue weighted by molar-refractivity contribution is 9.08. The number of halogens is 1. The maximum Gasteiger partial charge on any atom is 0.310 e. The first-order valence-electron chi connectivity index (χ1n) is 5.92. The Kier molecular flexibility index (Phi) is 5.87. The SMILES string of the molecule is CCOC(=O)Cc1cc(CBr)c(C#N)cc1CC. The van der Waals surface area contributed by atoms with Crippen LogP contribution in [0.1, 0.15) is 36.1 Å². The summed E-state index contributed by atoms with van der Waals surface area (Å²) >= 11 is 3.36. The lowest BCUT2D eigenvalue weighted by atomic mass is 9.96. The molecule has 0 aliphatic heterocycles. The molecule has 3 nitrogen and oxygen atoms in total. The largest absolute Gasteiger partial charge is 0.466 e. The van der Waals surface area contributed by atoms with Crippen molar-refractivity contribution >= 4 is 21.9 Å². The van der Waals surface area contributed by atoms with Crippen LogP contribution >= 0.6 is 15.9 Å². The minimum atomic E-state index is -0.225. The number of rotatable bonds is 5. The first-order valence-corrected chi connectivity index (χ1v) is 7.04. The standard InChI is InChI=1S/C14H16BrNO2/c1-3-10-5-13(9-16)12(8-15)6-11(10)7-14(17)18-4-2/h5-6H,3-4,7-8H2,1-2H3. The van der Waals surface area contributed by atoms with Crippen molar-refractivity contribution in [3.8, 4) is 6.07 Å². The molecule has 18 heavy (non-hydrogen) atoms. The number of nitrogens with zero attached hydrogens (tertiary/aromatic N) is 1. The van der Waals surface area contributed by atoms with Crippen LogP contribution in [0.15, 0.2) is 12.1 Å². The van der Waals surface area contributed by atoms with Crippen molar-refractivity contribution in [1.82, 2.24) is 0 Å². The van der Waals surface area contributed by atoms with Gasteiger partial charge in [-0.1, -0.05) is 28.9 Å². The Morgan fingerprint density at radius 1 is 1.33 bits per heavy atom. The van der Waals surface area contributed by atoms with Crippen LogP contribution in [-0.2, 0) is 27.7 Å². The first-order chi connectivity index (χ1) is 8.65. The van der Waals surface area contributed by atoms with Gasteiger partial charge in [-0.25, -0.2) is 0 Å². The van der Waals surface area contributed by atoms with Crippen molar-refractivity contribution in [2.24, 2.45) is 0 Å². The molecule has 0 fully saturated rings. The van der Waals surface area contributed by atoms with Crippen molar-refractivity contribution in [3.05, 3.63) is 34.4 Å². The number of alkyl halides is 1. The normalized spacial score (nSPS) is 9.89. The minimum absolute atomic E-state index is 0.225. The van der Waals surface area contributed by atoms with Gasteiger partial charge in [0.15, 0.2) is 0 Å². The lowest BCUT2D eigenvalue weighted by Gasteiger charge is -2.11. The molecule has 0 aromatic heterocycles. The van der Waals surface area contributed by atoms with E-state index in [0.29, 0.717) is 17.5 Å². The number of benzene rings is 1. The number of nitriles is 1. The lowest BCUT2D eigenvalue weighted by Crippen LogP contribution is -2.10. The maximum absolute atomic E-state index is 11.5. The molecule has 96 valence electrons. The van der Waals surface area contributed by atoms with Gasteiger partial charge in [0.1, 0.15) is 0 Å². The van der Waals surface area contributed by atoms with Crippen LogP contribution in [0.25, 0.3) is 0 Å². The minimum Gasteiger partial charge on any atom is -0.466 e. The Bertz CT molecular complexity index is 477. The summed E-state index contributed by atoms with van der Waals surface area (Å²) in [5.41, 5.74) is 3.55. The number of hydrogen-bond donors (Lipinski definition) is 0. The Morgan fingerprint density at radius 3 is 2.56 bits per heavy atom. The van der Waals surface area contributed by atoms with E-state index in [-0.39, 0.29) is 12.4 Å². The summed E-state index contributed by atoms with van der Waals surface area (Å²) in [7, 11) is 0. The molecule has 0 heterocycles. The third-order valence-electron chi connectivity index (χ3n) is 2.71. The third-order valence-corrected chi connectivity index (χ3v) is 3.31. The van der Waals surface area contributed by atoms with E-state index < -0.39 is 0 Å². The smallest absolute Gasteiger partial charge is 0.310 e. The summed E-state index contributed by atoms with van der Waals surface area (Å²) in [6, 6.07) is 5.97. The number of esters is 1.